The van der Waals surface area contributed by atoms with Crippen molar-refractivity contribution in [2.24, 2.45) is 0 Å². The topological polar surface area (TPSA) is 46.2 Å². The Balaban J connectivity index is 3.13. The predicted octanol–water partition coefficient (Wildman–Crippen LogP) is 3.38. The van der Waals surface area contributed by atoms with Crippen molar-refractivity contribution in [3.05, 3.63) is 27.2 Å². The van der Waals surface area contributed by atoms with Gasteiger partial charge in [0.25, 0.3) is 10.0 Å². The summed E-state index contributed by atoms with van der Waals surface area (Å²) >= 11 is 8.80. The van der Waals surface area contributed by atoms with Crippen LogP contribution in [0.2, 0.25) is 5.02 Å². The molecule has 0 amide bonds. The molecule has 16 heavy (non-hydrogen) atoms. The largest absolute Gasteiger partial charge is 0.355 e. The van der Waals surface area contributed by atoms with Gasteiger partial charge in [-0.25, -0.2) is 8.42 Å². The highest BCUT2D eigenvalue weighted by atomic mass is 79.9. The summed E-state index contributed by atoms with van der Waals surface area (Å²) in [5, 5.41) is 0.287. The van der Waals surface area contributed by atoms with E-state index in [1.807, 2.05) is 0 Å². The Morgan fingerprint density at radius 2 is 2.00 bits per heavy atom. The lowest BCUT2D eigenvalue weighted by Crippen LogP contribution is -2.20. The zero-order valence-corrected chi connectivity index (χ0v) is 11.1. The first-order valence-electron chi connectivity index (χ1n) is 3.99. The van der Waals surface area contributed by atoms with Crippen molar-refractivity contribution in [3.63, 3.8) is 0 Å². The van der Waals surface area contributed by atoms with Crippen LogP contribution in [0.15, 0.2) is 16.6 Å². The van der Waals surface area contributed by atoms with Crippen LogP contribution in [0.1, 0.15) is 5.56 Å². The van der Waals surface area contributed by atoms with Crippen LogP contribution < -0.4 is 4.72 Å². The van der Waals surface area contributed by atoms with E-state index in [1.54, 1.807) is 11.6 Å². The molecule has 0 saturated heterocycles. The van der Waals surface area contributed by atoms with E-state index >= 15 is 0 Å². The van der Waals surface area contributed by atoms with Gasteiger partial charge in [-0.1, -0.05) is 11.6 Å². The molecule has 0 aliphatic rings. The fourth-order valence-corrected chi connectivity index (χ4v) is 2.34. The van der Waals surface area contributed by atoms with E-state index in [0.29, 0.717) is 10.0 Å². The van der Waals surface area contributed by atoms with E-state index in [9.17, 15) is 17.2 Å². The molecule has 1 rings (SSSR count). The van der Waals surface area contributed by atoms with Gasteiger partial charge in [-0.2, -0.15) is 8.78 Å². The third-order valence-corrected chi connectivity index (χ3v) is 3.77. The summed E-state index contributed by atoms with van der Waals surface area (Å²) in [5.41, 5.74) is 0.685. The number of halogens is 4. The molecule has 0 fully saturated rings. The zero-order chi connectivity index (χ0) is 12.5. The number of hydrogen-bond acceptors (Lipinski definition) is 2. The standard InChI is InChI=1S/C8H7BrClF2NO2S/c1-4-2-5(9)7(3-6(4)10)13-16(14,15)8(11)12/h2-3,8,13H,1H3. The summed E-state index contributed by atoms with van der Waals surface area (Å²) in [4.78, 5) is 0. The predicted molar refractivity (Wildman–Crippen MR) is 62.4 cm³/mol. The van der Waals surface area contributed by atoms with Crippen LogP contribution in [0.3, 0.4) is 0 Å². The van der Waals surface area contributed by atoms with Gasteiger partial charge in [0.1, 0.15) is 0 Å². The highest BCUT2D eigenvalue weighted by molar-refractivity contribution is 9.10. The van der Waals surface area contributed by atoms with Crippen molar-refractivity contribution >= 4 is 43.2 Å². The number of anilines is 1. The maximum Gasteiger partial charge on any atom is 0.355 e. The van der Waals surface area contributed by atoms with Crippen LogP contribution in [0.4, 0.5) is 14.5 Å². The average molecular weight is 335 g/mol. The minimum Gasteiger partial charge on any atom is -0.278 e. The molecule has 0 bridgehead atoms. The van der Waals surface area contributed by atoms with Crippen molar-refractivity contribution in [1.29, 1.82) is 0 Å². The molecule has 3 nitrogen and oxygen atoms in total. The Hall–Kier alpha value is -0.400. The van der Waals surface area contributed by atoms with Crippen molar-refractivity contribution in [2.75, 3.05) is 4.72 Å². The molecular weight excluding hydrogens is 328 g/mol. The van der Waals surface area contributed by atoms with Crippen LogP contribution in [0, 0.1) is 6.92 Å². The summed E-state index contributed by atoms with van der Waals surface area (Å²) < 4.78 is 48.2. The molecule has 0 unspecified atom stereocenters. The normalized spacial score (nSPS) is 11.9. The molecule has 1 aromatic rings. The van der Waals surface area contributed by atoms with E-state index in [-0.39, 0.29) is 10.7 Å². The fourth-order valence-electron chi connectivity index (χ4n) is 0.922. The van der Waals surface area contributed by atoms with Gasteiger partial charge in [-0.05, 0) is 40.5 Å². The number of aryl methyl sites for hydroxylation is 1. The average Bonchev–Trinajstić information content (AvgIpc) is 2.13. The molecule has 0 radical (unpaired) electrons. The number of rotatable bonds is 3. The first kappa shape index (κ1) is 13.7. The van der Waals surface area contributed by atoms with E-state index < -0.39 is 15.8 Å². The lowest BCUT2D eigenvalue weighted by molar-refractivity contribution is 0.236. The number of benzene rings is 1. The third kappa shape index (κ3) is 3.05. The van der Waals surface area contributed by atoms with Crippen LogP contribution in [0.25, 0.3) is 0 Å². The Bertz CT molecular complexity index is 507. The van der Waals surface area contributed by atoms with Crippen LogP contribution in [-0.2, 0) is 10.0 Å². The number of sulfonamides is 1. The molecule has 0 aromatic heterocycles. The summed E-state index contributed by atoms with van der Waals surface area (Å²) in [6.45, 7) is 1.71. The smallest absolute Gasteiger partial charge is 0.278 e. The van der Waals surface area contributed by atoms with Crippen LogP contribution >= 0.6 is 27.5 Å². The number of alkyl halides is 2. The molecule has 0 heterocycles. The zero-order valence-electron chi connectivity index (χ0n) is 7.97. The Kier molecular flexibility index (Phi) is 4.14. The first-order valence-corrected chi connectivity index (χ1v) is 6.71. The third-order valence-electron chi connectivity index (χ3n) is 1.74. The molecule has 1 aromatic carbocycles. The van der Waals surface area contributed by atoms with Gasteiger partial charge in [0.15, 0.2) is 0 Å². The molecule has 8 heteroatoms. The maximum absolute atomic E-state index is 12.1. The maximum atomic E-state index is 12.1. The summed E-state index contributed by atoms with van der Waals surface area (Å²) in [5.74, 6) is -3.49. The van der Waals surface area contributed by atoms with E-state index in [4.69, 9.17) is 11.6 Å². The second-order valence-corrected chi connectivity index (χ2v) is 5.90. The molecular formula is C8H7BrClF2NO2S. The van der Waals surface area contributed by atoms with Gasteiger partial charge >= 0.3 is 5.76 Å². The summed E-state index contributed by atoms with van der Waals surface area (Å²) in [6.07, 6.45) is 0. The second-order valence-electron chi connectivity index (χ2n) is 2.99. The number of hydrogen-bond donors (Lipinski definition) is 1. The molecule has 0 aliphatic heterocycles. The fraction of sp³-hybridized carbons (Fsp3) is 0.250. The number of nitrogens with one attached hydrogen (secondary N) is 1. The molecule has 0 aliphatic carbocycles. The van der Waals surface area contributed by atoms with Crippen molar-refractivity contribution < 1.29 is 17.2 Å². The first-order chi connectivity index (χ1) is 7.24. The molecule has 0 atom stereocenters. The highest BCUT2D eigenvalue weighted by Gasteiger charge is 2.24. The molecule has 0 saturated carbocycles. The van der Waals surface area contributed by atoms with Gasteiger partial charge < -0.3 is 0 Å². The minimum absolute atomic E-state index is 0.0177. The van der Waals surface area contributed by atoms with Crippen LogP contribution in [-0.4, -0.2) is 14.2 Å². The Morgan fingerprint density at radius 3 is 2.50 bits per heavy atom. The van der Waals surface area contributed by atoms with E-state index in [2.05, 4.69) is 15.9 Å². The van der Waals surface area contributed by atoms with Crippen molar-refractivity contribution in [2.45, 2.75) is 12.7 Å². The van der Waals surface area contributed by atoms with E-state index in [0.717, 1.165) is 0 Å². The molecule has 90 valence electrons. The van der Waals surface area contributed by atoms with E-state index in [1.165, 1.54) is 12.1 Å². The van der Waals surface area contributed by atoms with Gasteiger partial charge in [0, 0.05) is 9.50 Å². The van der Waals surface area contributed by atoms with Crippen LogP contribution in [0.5, 0.6) is 0 Å². The quantitative estimate of drug-likeness (QED) is 0.921. The highest BCUT2D eigenvalue weighted by Crippen LogP contribution is 2.30. The monoisotopic (exact) mass is 333 g/mol. The Labute approximate surface area is 105 Å². The molecule has 1 N–H and O–H groups in total. The second kappa shape index (κ2) is 4.85. The minimum atomic E-state index is -4.68. The summed E-state index contributed by atoms with van der Waals surface area (Å²) in [7, 11) is -4.68. The summed E-state index contributed by atoms with van der Waals surface area (Å²) in [6, 6.07) is 2.80. The van der Waals surface area contributed by atoms with Gasteiger partial charge in [0.05, 0.1) is 5.69 Å². The lowest BCUT2D eigenvalue weighted by Gasteiger charge is -2.10. The molecule has 0 spiro atoms. The van der Waals surface area contributed by atoms with Crippen molar-refractivity contribution in [3.8, 4) is 0 Å². The lowest BCUT2D eigenvalue weighted by atomic mass is 10.2. The van der Waals surface area contributed by atoms with Gasteiger partial charge in [-0.3, -0.25) is 4.72 Å². The van der Waals surface area contributed by atoms with Gasteiger partial charge in [-0.15, -0.1) is 0 Å². The Morgan fingerprint density at radius 1 is 1.44 bits per heavy atom. The van der Waals surface area contributed by atoms with Crippen molar-refractivity contribution in [1.82, 2.24) is 0 Å². The van der Waals surface area contributed by atoms with Gasteiger partial charge in [0.2, 0.25) is 0 Å². The SMILES string of the molecule is Cc1cc(Br)c(NS(=O)(=O)C(F)F)cc1Cl.